The first-order chi connectivity index (χ1) is 20.4. The van der Waals surface area contributed by atoms with Gasteiger partial charge in [0, 0.05) is 6.61 Å². The number of benzene rings is 1. The quantitative estimate of drug-likeness (QED) is 0.109. The van der Waals surface area contributed by atoms with E-state index in [0.29, 0.717) is 119 Å². The van der Waals surface area contributed by atoms with Crippen LogP contribution in [0.25, 0.3) is 0 Å². The molecule has 0 heterocycles. The molecule has 0 aliphatic carbocycles. The lowest BCUT2D eigenvalue weighted by Gasteiger charge is -2.09. The van der Waals surface area contributed by atoms with Crippen molar-refractivity contribution in [1.29, 1.82) is 0 Å². The second-order valence-corrected chi connectivity index (χ2v) is 9.09. The molecule has 0 radical (unpaired) electrons. The molecule has 41 heavy (non-hydrogen) atoms. The molecule has 1 rings (SSSR count). The van der Waals surface area contributed by atoms with Crippen LogP contribution in [0.3, 0.4) is 0 Å². The van der Waals surface area contributed by atoms with Crippen LogP contribution in [0.15, 0.2) is 30.3 Å². The van der Waals surface area contributed by atoms with Gasteiger partial charge >= 0.3 is 0 Å². The summed E-state index contributed by atoms with van der Waals surface area (Å²) in [7, 11) is 0. The summed E-state index contributed by atoms with van der Waals surface area (Å²) in [6.07, 6.45) is 6.29. The van der Waals surface area contributed by atoms with Crippen molar-refractivity contribution in [3.8, 4) is 5.75 Å². The third kappa shape index (κ3) is 29.9. The van der Waals surface area contributed by atoms with Gasteiger partial charge < -0.3 is 47.4 Å². The Bertz CT molecular complexity index is 608. The third-order valence-corrected chi connectivity index (χ3v) is 5.61. The van der Waals surface area contributed by atoms with Crippen LogP contribution in [0.1, 0.15) is 39.0 Å². The van der Waals surface area contributed by atoms with Gasteiger partial charge in [0.2, 0.25) is 0 Å². The smallest absolute Gasteiger partial charge is 0.119 e. The number of ether oxygens (including phenoxy) is 10. The molecule has 0 spiro atoms. The van der Waals surface area contributed by atoms with Gasteiger partial charge in [-0.25, -0.2) is 0 Å². The monoisotopic (exact) mass is 588 g/mol. The van der Waals surface area contributed by atoms with E-state index in [9.17, 15) is 0 Å². The van der Waals surface area contributed by atoms with Crippen LogP contribution in [0, 0.1) is 0 Å². The Morgan fingerprint density at radius 1 is 0.341 bits per heavy atom. The molecule has 0 fully saturated rings. The zero-order chi connectivity index (χ0) is 29.2. The summed E-state index contributed by atoms with van der Waals surface area (Å²) in [4.78, 5) is 0. The Balaban J connectivity index is 1.61. The molecule has 240 valence electrons. The van der Waals surface area contributed by atoms with E-state index in [-0.39, 0.29) is 0 Å². The van der Waals surface area contributed by atoms with Crippen molar-refractivity contribution in [3.63, 3.8) is 0 Å². The lowest BCUT2D eigenvalue weighted by Crippen LogP contribution is -2.15. The highest BCUT2D eigenvalue weighted by Gasteiger charge is 1.96. The maximum absolute atomic E-state index is 5.56. The molecule has 0 aliphatic heterocycles. The molecular weight excluding hydrogens is 532 g/mol. The van der Waals surface area contributed by atoms with E-state index in [1.54, 1.807) is 0 Å². The summed E-state index contributed by atoms with van der Waals surface area (Å²) in [6, 6.07) is 9.69. The minimum atomic E-state index is 0.522. The molecule has 0 unspecified atom stereocenters. The summed E-state index contributed by atoms with van der Waals surface area (Å²) in [5, 5.41) is 0. The molecule has 0 atom stereocenters. The maximum Gasteiger partial charge on any atom is 0.119 e. The van der Waals surface area contributed by atoms with Gasteiger partial charge in [0.1, 0.15) is 12.4 Å². The van der Waals surface area contributed by atoms with Crippen molar-refractivity contribution in [2.24, 2.45) is 0 Å². The predicted octanol–water partition coefficient (Wildman–Crippen LogP) is 4.19. The lowest BCUT2D eigenvalue weighted by atomic mass is 10.2. The number of unbranched alkanes of at least 4 members (excludes halogenated alkanes) is 4. The molecule has 0 N–H and O–H groups in total. The van der Waals surface area contributed by atoms with Crippen molar-refractivity contribution >= 4 is 0 Å². The molecule has 10 nitrogen and oxygen atoms in total. The molecule has 0 amide bonds. The molecule has 0 aliphatic rings. The first-order valence-corrected chi connectivity index (χ1v) is 15.3. The van der Waals surface area contributed by atoms with Gasteiger partial charge in [0.25, 0.3) is 0 Å². The Hall–Kier alpha value is -1.34. The predicted molar refractivity (Wildman–Crippen MR) is 158 cm³/mol. The Labute approximate surface area is 248 Å². The van der Waals surface area contributed by atoms with Crippen LogP contribution in [0.4, 0.5) is 0 Å². The van der Waals surface area contributed by atoms with Gasteiger partial charge in [-0.1, -0.05) is 50.8 Å². The number of hydrogen-bond donors (Lipinski definition) is 0. The topological polar surface area (TPSA) is 92.3 Å². The third-order valence-electron chi connectivity index (χ3n) is 5.61. The fourth-order valence-corrected chi connectivity index (χ4v) is 3.40. The van der Waals surface area contributed by atoms with Gasteiger partial charge in [-0.05, 0) is 18.6 Å². The van der Waals surface area contributed by atoms with Crippen molar-refractivity contribution < 1.29 is 47.4 Å². The highest BCUT2D eigenvalue weighted by atomic mass is 16.6. The van der Waals surface area contributed by atoms with Crippen LogP contribution >= 0.6 is 0 Å². The first-order valence-electron chi connectivity index (χ1n) is 15.3. The van der Waals surface area contributed by atoms with Crippen LogP contribution < -0.4 is 4.74 Å². The summed E-state index contributed by atoms with van der Waals surface area (Å²) < 4.78 is 55.0. The molecule has 1 aromatic carbocycles. The highest BCUT2D eigenvalue weighted by molar-refractivity contribution is 5.20. The van der Waals surface area contributed by atoms with E-state index in [0.717, 1.165) is 18.8 Å². The van der Waals surface area contributed by atoms with E-state index in [1.807, 2.05) is 30.3 Å². The second kappa shape index (κ2) is 33.2. The minimum absolute atomic E-state index is 0.522. The molecule has 0 saturated heterocycles. The fraction of sp³-hybridized carbons (Fsp3) is 0.806. The van der Waals surface area contributed by atoms with Crippen molar-refractivity contribution in [2.45, 2.75) is 39.0 Å². The molecule has 0 aromatic heterocycles. The van der Waals surface area contributed by atoms with Crippen LogP contribution in [-0.4, -0.2) is 126 Å². The van der Waals surface area contributed by atoms with Crippen LogP contribution in [0.2, 0.25) is 0 Å². The van der Waals surface area contributed by atoms with Gasteiger partial charge in [0.15, 0.2) is 0 Å². The minimum Gasteiger partial charge on any atom is -0.491 e. The zero-order valence-electron chi connectivity index (χ0n) is 25.4. The first kappa shape index (κ1) is 37.7. The summed E-state index contributed by atoms with van der Waals surface area (Å²) in [5.41, 5.74) is 0. The lowest BCUT2D eigenvalue weighted by molar-refractivity contribution is -0.0254. The van der Waals surface area contributed by atoms with Crippen molar-refractivity contribution in [2.75, 3.05) is 126 Å². The second-order valence-electron chi connectivity index (χ2n) is 9.09. The molecule has 10 heteroatoms. The maximum atomic E-state index is 5.56. The summed E-state index contributed by atoms with van der Waals surface area (Å²) in [5.74, 6) is 0.849. The van der Waals surface area contributed by atoms with Crippen molar-refractivity contribution in [1.82, 2.24) is 0 Å². The standard InChI is InChI=1S/C31H56O10/c1-2-3-4-5-9-12-32-13-14-33-15-16-34-17-18-35-19-20-36-21-22-37-23-24-38-25-26-39-27-28-40-29-30-41-31-10-7-6-8-11-31/h6-8,10-11H,2-5,9,12-30H2,1H3. The Kier molecular flexibility index (Phi) is 30.5. The largest absolute Gasteiger partial charge is 0.491 e. The summed E-state index contributed by atoms with van der Waals surface area (Å²) >= 11 is 0. The van der Waals surface area contributed by atoms with E-state index < -0.39 is 0 Å². The summed E-state index contributed by atoms with van der Waals surface area (Å²) in [6.45, 7) is 12.9. The van der Waals surface area contributed by atoms with E-state index in [1.165, 1.54) is 25.7 Å². The molecule has 0 saturated carbocycles. The van der Waals surface area contributed by atoms with Crippen LogP contribution in [-0.2, 0) is 42.6 Å². The van der Waals surface area contributed by atoms with Gasteiger partial charge in [-0.15, -0.1) is 0 Å². The average Bonchev–Trinajstić information content (AvgIpc) is 3.00. The molecule has 1 aromatic rings. The number of hydrogen-bond acceptors (Lipinski definition) is 10. The van der Waals surface area contributed by atoms with Gasteiger partial charge in [0.05, 0.1) is 112 Å². The Morgan fingerprint density at radius 2 is 0.659 bits per heavy atom. The van der Waals surface area contributed by atoms with E-state index in [4.69, 9.17) is 47.4 Å². The number of rotatable bonds is 34. The molecular formula is C31H56O10. The number of para-hydroxylation sites is 1. The van der Waals surface area contributed by atoms with Gasteiger partial charge in [-0.2, -0.15) is 0 Å². The van der Waals surface area contributed by atoms with Gasteiger partial charge in [-0.3, -0.25) is 0 Å². The van der Waals surface area contributed by atoms with E-state index in [2.05, 4.69) is 6.92 Å². The zero-order valence-corrected chi connectivity index (χ0v) is 25.4. The van der Waals surface area contributed by atoms with Crippen molar-refractivity contribution in [3.05, 3.63) is 30.3 Å². The fourth-order valence-electron chi connectivity index (χ4n) is 3.40. The average molecular weight is 589 g/mol. The SMILES string of the molecule is CCCCCCCOCCOCCOCCOCCOCCOCCOCCOCCOCCOc1ccccc1. The molecule has 0 bridgehead atoms. The van der Waals surface area contributed by atoms with Crippen LogP contribution in [0.5, 0.6) is 5.75 Å². The van der Waals surface area contributed by atoms with E-state index >= 15 is 0 Å². The normalized spacial score (nSPS) is 11.3. The Morgan fingerprint density at radius 3 is 1.02 bits per heavy atom. The highest BCUT2D eigenvalue weighted by Crippen LogP contribution is 2.07.